The Bertz CT molecular complexity index is 913. The van der Waals surface area contributed by atoms with Gasteiger partial charge in [0.2, 0.25) is 0 Å². The van der Waals surface area contributed by atoms with Crippen molar-refractivity contribution in [1.29, 1.82) is 5.26 Å². The van der Waals surface area contributed by atoms with E-state index in [0.29, 0.717) is 28.4 Å². The number of carbonyl (C=O) groups is 2. The monoisotopic (exact) mass is 397 g/mol. The lowest BCUT2D eigenvalue weighted by Gasteiger charge is -2.33. The topological polar surface area (TPSA) is 77.6 Å². The maximum absolute atomic E-state index is 12.4. The second-order valence-electron chi connectivity index (χ2n) is 6.87. The number of carbonyl (C=O) groups excluding carboxylic acids is 2. The number of benzene rings is 2. The van der Waals surface area contributed by atoms with Gasteiger partial charge in [-0.3, -0.25) is 9.59 Å². The van der Waals surface area contributed by atoms with Gasteiger partial charge in [-0.05, 0) is 49.4 Å². The first-order valence-corrected chi connectivity index (χ1v) is 9.53. The smallest absolute Gasteiger partial charge is 0.279 e. The minimum absolute atomic E-state index is 0.0612. The van der Waals surface area contributed by atoms with Gasteiger partial charge >= 0.3 is 0 Å². The number of ketones is 1. The molecule has 7 heteroatoms. The molecule has 1 aliphatic heterocycles. The van der Waals surface area contributed by atoms with Gasteiger partial charge in [0, 0.05) is 16.3 Å². The quantitative estimate of drug-likeness (QED) is 0.754. The highest BCUT2D eigenvalue weighted by Gasteiger charge is 2.23. The van der Waals surface area contributed by atoms with Crippen LogP contribution in [0, 0.1) is 11.3 Å². The molecule has 0 unspecified atom stereocenters. The molecule has 144 valence electrons. The first-order chi connectivity index (χ1) is 13.5. The number of hydrogen-bond acceptors (Lipinski definition) is 4. The second kappa shape index (κ2) is 8.87. The third-order valence-corrected chi connectivity index (χ3v) is 5.13. The van der Waals surface area contributed by atoms with Crippen molar-refractivity contribution in [2.24, 2.45) is 0 Å². The number of nitrogens with zero attached hydrogens (tertiary/aromatic N) is 2. The number of rotatable bonds is 5. The number of piperazine rings is 1. The molecular formula is C21H22ClN4O2+. The van der Waals surface area contributed by atoms with Crippen molar-refractivity contribution >= 4 is 34.7 Å². The third-order valence-electron chi connectivity index (χ3n) is 4.90. The molecule has 0 aliphatic carbocycles. The zero-order chi connectivity index (χ0) is 20.1. The first-order valence-electron chi connectivity index (χ1n) is 9.15. The van der Waals surface area contributed by atoms with Crippen molar-refractivity contribution in [2.45, 2.75) is 6.92 Å². The minimum atomic E-state index is -0.131. The van der Waals surface area contributed by atoms with Crippen molar-refractivity contribution in [2.75, 3.05) is 42.9 Å². The summed E-state index contributed by atoms with van der Waals surface area (Å²) in [5.41, 5.74) is 2.64. The fraction of sp³-hybridized carbons (Fsp3) is 0.286. The SMILES string of the molecule is CC(=O)c1ccc(N2CC[NH+](CC(=O)Nc3cc(Cl)ccc3C#N)CC2)cc1. The maximum atomic E-state index is 12.4. The number of nitriles is 1. The van der Waals surface area contributed by atoms with Crippen molar-refractivity contribution < 1.29 is 14.5 Å². The minimum Gasteiger partial charge on any atom is -0.360 e. The highest BCUT2D eigenvalue weighted by Crippen LogP contribution is 2.20. The Balaban J connectivity index is 1.53. The van der Waals surface area contributed by atoms with Crippen molar-refractivity contribution in [1.82, 2.24) is 0 Å². The van der Waals surface area contributed by atoms with Gasteiger partial charge in [0.25, 0.3) is 5.91 Å². The average molecular weight is 398 g/mol. The molecule has 0 atom stereocenters. The normalized spacial score (nSPS) is 14.4. The van der Waals surface area contributed by atoms with Gasteiger partial charge in [0.15, 0.2) is 12.3 Å². The van der Waals surface area contributed by atoms with E-state index >= 15 is 0 Å². The van der Waals surface area contributed by atoms with Gasteiger partial charge in [-0.25, -0.2) is 0 Å². The number of nitrogens with one attached hydrogen (secondary N) is 2. The summed E-state index contributed by atoms with van der Waals surface area (Å²) in [6.07, 6.45) is 0. The summed E-state index contributed by atoms with van der Waals surface area (Å²) in [4.78, 5) is 27.2. The summed E-state index contributed by atoms with van der Waals surface area (Å²) < 4.78 is 0. The van der Waals surface area contributed by atoms with Crippen LogP contribution < -0.4 is 15.1 Å². The van der Waals surface area contributed by atoms with Crippen LogP contribution in [-0.2, 0) is 4.79 Å². The van der Waals surface area contributed by atoms with E-state index in [1.54, 1.807) is 25.1 Å². The van der Waals surface area contributed by atoms with E-state index < -0.39 is 0 Å². The zero-order valence-electron chi connectivity index (χ0n) is 15.7. The Morgan fingerprint density at radius 3 is 2.46 bits per heavy atom. The molecule has 1 saturated heterocycles. The number of amides is 1. The van der Waals surface area contributed by atoms with Crippen molar-refractivity contribution in [3.8, 4) is 6.07 Å². The fourth-order valence-electron chi connectivity index (χ4n) is 3.30. The highest BCUT2D eigenvalue weighted by molar-refractivity contribution is 6.31. The molecule has 6 nitrogen and oxygen atoms in total. The van der Waals surface area contributed by atoms with Crippen molar-refractivity contribution in [3.05, 3.63) is 58.6 Å². The van der Waals surface area contributed by atoms with E-state index in [1.165, 1.54) is 4.90 Å². The van der Waals surface area contributed by atoms with Gasteiger partial charge in [0.05, 0.1) is 37.4 Å². The average Bonchev–Trinajstić information content (AvgIpc) is 2.69. The van der Waals surface area contributed by atoms with Crippen LogP contribution in [0.5, 0.6) is 0 Å². The van der Waals surface area contributed by atoms with Crippen LogP contribution >= 0.6 is 11.6 Å². The van der Waals surface area contributed by atoms with E-state index in [4.69, 9.17) is 16.9 Å². The van der Waals surface area contributed by atoms with E-state index in [9.17, 15) is 9.59 Å². The van der Waals surface area contributed by atoms with Gasteiger partial charge < -0.3 is 15.1 Å². The number of anilines is 2. The van der Waals surface area contributed by atoms with Crippen LogP contribution in [0.4, 0.5) is 11.4 Å². The lowest BCUT2D eigenvalue weighted by Crippen LogP contribution is -3.15. The molecule has 2 aromatic rings. The molecule has 0 aromatic heterocycles. The molecule has 28 heavy (non-hydrogen) atoms. The Kier molecular flexibility index (Phi) is 6.30. The summed E-state index contributed by atoms with van der Waals surface area (Å²) in [5.74, 6) is -0.0703. The van der Waals surface area contributed by atoms with Gasteiger partial charge in [0.1, 0.15) is 6.07 Å². The van der Waals surface area contributed by atoms with E-state index in [0.717, 1.165) is 31.9 Å². The number of Topliss-reactive ketones (excluding diaryl/α,β-unsaturated/α-hetero) is 1. The summed E-state index contributed by atoms with van der Waals surface area (Å²) in [6.45, 7) is 5.25. The Hall–Kier alpha value is -2.88. The molecule has 1 heterocycles. The van der Waals surface area contributed by atoms with Crippen LogP contribution in [0.15, 0.2) is 42.5 Å². The van der Waals surface area contributed by atoms with Crippen LogP contribution in [0.1, 0.15) is 22.8 Å². The molecule has 3 rings (SSSR count). The summed E-state index contributed by atoms with van der Waals surface area (Å²) >= 11 is 5.96. The van der Waals surface area contributed by atoms with E-state index in [1.807, 2.05) is 24.3 Å². The Morgan fingerprint density at radius 2 is 1.86 bits per heavy atom. The Morgan fingerprint density at radius 1 is 1.18 bits per heavy atom. The van der Waals surface area contributed by atoms with Gasteiger partial charge in [-0.15, -0.1) is 0 Å². The molecule has 1 amide bonds. The molecule has 0 radical (unpaired) electrons. The number of quaternary nitrogens is 1. The number of halogens is 1. The number of hydrogen-bond donors (Lipinski definition) is 2. The molecule has 0 bridgehead atoms. The largest absolute Gasteiger partial charge is 0.360 e. The summed E-state index contributed by atoms with van der Waals surface area (Å²) in [6, 6.07) is 14.5. The van der Waals surface area contributed by atoms with Gasteiger partial charge in [-0.2, -0.15) is 5.26 Å². The lowest BCUT2D eigenvalue weighted by atomic mass is 10.1. The predicted octanol–water partition coefficient (Wildman–Crippen LogP) is 1.76. The zero-order valence-corrected chi connectivity index (χ0v) is 16.4. The van der Waals surface area contributed by atoms with Crippen molar-refractivity contribution in [3.63, 3.8) is 0 Å². The Labute approximate surface area is 169 Å². The molecule has 2 aromatic carbocycles. The van der Waals surface area contributed by atoms with E-state index in [2.05, 4.69) is 16.3 Å². The molecule has 1 fully saturated rings. The predicted molar refractivity (Wildman–Crippen MR) is 109 cm³/mol. The third kappa shape index (κ3) is 4.89. The lowest BCUT2D eigenvalue weighted by molar-refractivity contribution is -0.892. The second-order valence-corrected chi connectivity index (χ2v) is 7.30. The molecular weight excluding hydrogens is 376 g/mol. The molecule has 1 aliphatic rings. The van der Waals surface area contributed by atoms with Gasteiger partial charge in [-0.1, -0.05) is 11.6 Å². The highest BCUT2D eigenvalue weighted by atomic mass is 35.5. The van der Waals surface area contributed by atoms with Crippen LogP contribution in [-0.4, -0.2) is 44.4 Å². The standard InChI is InChI=1S/C21H21ClN4O2/c1-15(27)16-3-6-19(7-4-16)26-10-8-25(9-11-26)14-21(28)24-20-12-18(22)5-2-17(20)13-23/h2-7,12H,8-11,14H2,1H3,(H,24,28)/p+1. The summed E-state index contributed by atoms with van der Waals surface area (Å²) in [5, 5.41) is 12.4. The van der Waals surface area contributed by atoms with Crippen LogP contribution in [0.25, 0.3) is 0 Å². The molecule has 0 spiro atoms. The molecule has 2 N–H and O–H groups in total. The summed E-state index contributed by atoms with van der Waals surface area (Å²) in [7, 11) is 0. The maximum Gasteiger partial charge on any atom is 0.279 e. The fourth-order valence-corrected chi connectivity index (χ4v) is 3.48. The molecule has 0 saturated carbocycles. The van der Waals surface area contributed by atoms with E-state index in [-0.39, 0.29) is 11.7 Å². The first kappa shape index (κ1) is 19.9. The van der Waals surface area contributed by atoms with Crippen LogP contribution in [0.2, 0.25) is 5.02 Å². The van der Waals surface area contributed by atoms with Crippen LogP contribution in [0.3, 0.4) is 0 Å².